The number of anilines is 1. The number of nitrogens with one attached hydrogen (secondary N) is 1. The molecule has 0 saturated heterocycles. The van der Waals surface area contributed by atoms with Crippen LogP contribution in [0.5, 0.6) is 17.2 Å². The smallest absolute Gasteiger partial charge is 0.264 e. The summed E-state index contributed by atoms with van der Waals surface area (Å²) in [5.41, 5.74) is 1.13. The molecule has 0 saturated carbocycles. The van der Waals surface area contributed by atoms with Gasteiger partial charge in [-0.05, 0) is 48.9 Å². The maximum atomic E-state index is 13.5. The fraction of sp³-hybridized carbons (Fsp3) is 0.240. The monoisotopic (exact) mass is 484 g/mol. The van der Waals surface area contributed by atoms with Crippen molar-refractivity contribution in [2.75, 3.05) is 32.2 Å². The molecule has 3 aromatic carbocycles. The molecule has 0 heterocycles. The van der Waals surface area contributed by atoms with Gasteiger partial charge in [0.1, 0.15) is 12.3 Å². The molecule has 3 aromatic rings. The Labute approximate surface area is 200 Å². The minimum atomic E-state index is -4.04. The van der Waals surface area contributed by atoms with Gasteiger partial charge in [-0.2, -0.15) is 0 Å². The zero-order chi connectivity index (χ0) is 24.7. The second-order valence-electron chi connectivity index (χ2n) is 7.43. The van der Waals surface area contributed by atoms with Crippen LogP contribution in [0.15, 0.2) is 77.7 Å². The van der Waals surface area contributed by atoms with Gasteiger partial charge in [0.25, 0.3) is 10.0 Å². The van der Waals surface area contributed by atoms with Crippen molar-refractivity contribution in [1.82, 2.24) is 5.32 Å². The van der Waals surface area contributed by atoms with Gasteiger partial charge in [0.2, 0.25) is 5.91 Å². The average Bonchev–Trinajstić information content (AvgIpc) is 2.87. The average molecular weight is 485 g/mol. The predicted octanol–water partition coefficient (Wildman–Crippen LogP) is 3.79. The number of sulfonamides is 1. The molecule has 1 N–H and O–H groups in total. The van der Waals surface area contributed by atoms with Crippen molar-refractivity contribution in [3.63, 3.8) is 0 Å². The lowest BCUT2D eigenvalue weighted by Crippen LogP contribution is -2.41. The van der Waals surface area contributed by atoms with E-state index in [4.69, 9.17) is 14.2 Å². The minimum absolute atomic E-state index is 0.0702. The SMILES string of the molecule is COc1ccc([C@H](C)NC(=O)CN(c2ccc(OC)c(OC)c2)S(=O)(=O)c2ccccc2)cc1. The van der Waals surface area contributed by atoms with Crippen molar-refractivity contribution in [3.8, 4) is 17.2 Å². The summed E-state index contributed by atoms with van der Waals surface area (Å²) >= 11 is 0. The van der Waals surface area contributed by atoms with E-state index >= 15 is 0 Å². The molecule has 0 aliphatic carbocycles. The van der Waals surface area contributed by atoms with Gasteiger partial charge in [-0.1, -0.05) is 30.3 Å². The molecule has 34 heavy (non-hydrogen) atoms. The van der Waals surface area contributed by atoms with Crippen molar-refractivity contribution in [1.29, 1.82) is 0 Å². The number of hydrogen-bond donors (Lipinski definition) is 1. The van der Waals surface area contributed by atoms with Crippen molar-refractivity contribution >= 4 is 21.6 Å². The molecule has 0 spiro atoms. The number of amides is 1. The summed E-state index contributed by atoms with van der Waals surface area (Å²) in [6, 6.07) is 19.6. The van der Waals surface area contributed by atoms with Crippen LogP contribution >= 0.6 is 0 Å². The zero-order valence-electron chi connectivity index (χ0n) is 19.5. The first kappa shape index (κ1) is 24.9. The van der Waals surface area contributed by atoms with Gasteiger partial charge in [0, 0.05) is 6.07 Å². The first-order chi connectivity index (χ1) is 16.3. The highest BCUT2D eigenvalue weighted by Gasteiger charge is 2.28. The molecule has 1 amide bonds. The van der Waals surface area contributed by atoms with E-state index in [1.165, 1.54) is 32.4 Å². The third-order valence-electron chi connectivity index (χ3n) is 5.27. The largest absolute Gasteiger partial charge is 0.497 e. The Morgan fingerprint density at radius 3 is 2.12 bits per heavy atom. The van der Waals surface area contributed by atoms with Crippen LogP contribution in [-0.4, -0.2) is 42.2 Å². The van der Waals surface area contributed by atoms with Crippen LogP contribution < -0.4 is 23.8 Å². The third-order valence-corrected chi connectivity index (χ3v) is 7.05. The molecule has 0 bridgehead atoms. The molecule has 3 rings (SSSR count). The molecule has 0 fully saturated rings. The zero-order valence-corrected chi connectivity index (χ0v) is 20.3. The second-order valence-corrected chi connectivity index (χ2v) is 9.29. The predicted molar refractivity (Wildman–Crippen MR) is 130 cm³/mol. The normalized spacial score (nSPS) is 11.9. The van der Waals surface area contributed by atoms with E-state index < -0.39 is 22.5 Å². The van der Waals surface area contributed by atoms with E-state index in [2.05, 4.69) is 5.32 Å². The molecule has 1 atom stereocenters. The van der Waals surface area contributed by atoms with Crippen LogP contribution in [0.3, 0.4) is 0 Å². The van der Waals surface area contributed by atoms with E-state index in [1.807, 2.05) is 19.1 Å². The number of hydrogen-bond acceptors (Lipinski definition) is 6. The maximum absolute atomic E-state index is 13.5. The van der Waals surface area contributed by atoms with Crippen molar-refractivity contribution in [3.05, 3.63) is 78.4 Å². The van der Waals surface area contributed by atoms with Crippen molar-refractivity contribution < 1.29 is 27.4 Å². The summed E-state index contributed by atoms with van der Waals surface area (Å²) in [6.07, 6.45) is 0. The highest BCUT2D eigenvalue weighted by atomic mass is 32.2. The first-order valence-electron chi connectivity index (χ1n) is 10.5. The Bertz CT molecular complexity index is 1210. The maximum Gasteiger partial charge on any atom is 0.264 e. The molecule has 9 heteroatoms. The fourth-order valence-electron chi connectivity index (χ4n) is 3.41. The molecule has 0 radical (unpaired) electrons. The number of carbonyl (C=O) groups is 1. The van der Waals surface area contributed by atoms with Crippen LogP contribution in [-0.2, 0) is 14.8 Å². The van der Waals surface area contributed by atoms with Crippen LogP contribution in [0, 0.1) is 0 Å². The van der Waals surface area contributed by atoms with Crippen LogP contribution in [0.1, 0.15) is 18.5 Å². The Balaban J connectivity index is 1.91. The summed E-state index contributed by atoms with van der Waals surface area (Å²) in [4.78, 5) is 13.1. The van der Waals surface area contributed by atoms with Crippen LogP contribution in [0.4, 0.5) is 5.69 Å². The quantitative estimate of drug-likeness (QED) is 0.471. The standard InChI is InChI=1S/C25H28N2O6S/c1-18(19-10-13-21(31-2)14-11-19)26-25(28)17-27(34(29,30)22-8-6-5-7-9-22)20-12-15-23(32-3)24(16-20)33-4/h5-16,18H,17H2,1-4H3,(H,26,28)/t18-/m0/s1. The van der Waals surface area contributed by atoms with Gasteiger partial charge < -0.3 is 19.5 Å². The van der Waals surface area contributed by atoms with Crippen molar-refractivity contribution in [2.24, 2.45) is 0 Å². The lowest BCUT2D eigenvalue weighted by Gasteiger charge is -2.26. The van der Waals surface area contributed by atoms with Gasteiger partial charge in [0.05, 0.1) is 38.0 Å². The highest BCUT2D eigenvalue weighted by Crippen LogP contribution is 2.33. The fourth-order valence-corrected chi connectivity index (χ4v) is 4.84. The number of benzene rings is 3. The van der Waals surface area contributed by atoms with Gasteiger partial charge in [0.15, 0.2) is 11.5 Å². The molecule has 8 nitrogen and oxygen atoms in total. The highest BCUT2D eigenvalue weighted by molar-refractivity contribution is 7.92. The topological polar surface area (TPSA) is 94.2 Å². The molecule has 180 valence electrons. The number of methoxy groups -OCH3 is 3. The Morgan fingerprint density at radius 2 is 1.53 bits per heavy atom. The summed E-state index contributed by atoms with van der Waals surface area (Å²) in [6.45, 7) is 1.40. The number of carbonyl (C=O) groups excluding carboxylic acids is 1. The summed E-state index contributed by atoms with van der Waals surface area (Å²) in [5, 5.41) is 2.87. The molecule has 0 unspecified atom stereocenters. The minimum Gasteiger partial charge on any atom is -0.497 e. The van der Waals surface area contributed by atoms with Gasteiger partial charge >= 0.3 is 0 Å². The summed E-state index contributed by atoms with van der Waals surface area (Å²) in [7, 11) is 0.485. The summed E-state index contributed by atoms with van der Waals surface area (Å²) in [5.74, 6) is 1.04. The van der Waals surface area contributed by atoms with E-state index in [1.54, 1.807) is 49.6 Å². The molecule has 0 aromatic heterocycles. The van der Waals surface area contributed by atoms with E-state index in [9.17, 15) is 13.2 Å². The number of rotatable bonds is 10. The Morgan fingerprint density at radius 1 is 0.882 bits per heavy atom. The van der Waals surface area contributed by atoms with Gasteiger partial charge in [-0.3, -0.25) is 9.10 Å². The van der Waals surface area contributed by atoms with Crippen molar-refractivity contribution in [2.45, 2.75) is 17.9 Å². The van der Waals surface area contributed by atoms with Crippen LogP contribution in [0.2, 0.25) is 0 Å². The number of nitrogens with zero attached hydrogens (tertiary/aromatic N) is 1. The van der Waals surface area contributed by atoms with E-state index in [0.29, 0.717) is 17.2 Å². The lowest BCUT2D eigenvalue weighted by atomic mass is 10.1. The number of ether oxygens (including phenoxy) is 3. The summed E-state index contributed by atoms with van der Waals surface area (Å²) < 4.78 is 43.8. The molecular weight excluding hydrogens is 456 g/mol. The molecule has 0 aliphatic heterocycles. The van der Waals surface area contributed by atoms with E-state index in [0.717, 1.165) is 9.87 Å². The Kier molecular flexibility index (Phi) is 8.01. The molecular formula is C25H28N2O6S. The lowest BCUT2D eigenvalue weighted by molar-refractivity contribution is -0.120. The second kappa shape index (κ2) is 10.9. The third kappa shape index (κ3) is 5.60. The van der Waals surface area contributed by atoms with Gasteiger partial charge in [-0.25, -0.2) is 8.42 Å². The Hall–Kier alpha value is -3.72. The molecule has 0 aliphatic rings. The van der Waals surface area contributed by atoms with E-state index in [-0.39, 0.29) is 16.6 Å². The first-order valence-corrected chi connectivity index (χ1v) is 12.0. The van der Waals surface area contributed by atoms with Gasteiger partial charge in [-0.15, -0.1) is 0 Å². The van der Waals surface area contributed by atoms with Crippen LogP contribution in [0.25, 0.3) is 0 Å².